The van der Waals surface area contributed by atoms with E-state index in [9.17, 15) is 4.39 Å². The molecule has 2 nitrogen and oxygen atoms in total. The lowest BCUT2D eigenvalue weighted by Crippen LogP contribution is -2.02. The molecule has 1 rings (SSSR count). The maximum absolute atomic E-state index is 13.0. The Morgan fingerprint density at radius 3 is 2.33 bits per heavy atom. The Balaban J connectivity index is 3.21. The van der Waals surface area contributed by atoms with Crippen LogP contribution in [-0.4, -0.2) is 9.97 Å². The minimum absolute atomic E-state index is 0.159. The molecule has 1 aromatic rings. The van der Waals surface area contributed by atoms with Gasteiger partial charge in [-0.15, -0.1) is 0 Å². The first-order valence-corrected chi connectivity index (χ1v) is 4.51. The number of aromatic nitrogens is 2. The Kier molecular flexibility index (Phi) is 2.77. The molecule has 0 N–H and O–H groups in total. The summed E-state index contributed by atoms with van der Waals surface area (Å²) in [6.45, 7) is 5.62. The number of rotatable bonds is 1. The quantitative estimate of drug-likeness (QED) is 0.697. The van der Waals surface area contributed by atoms with Crippen LogP contribution in [0.3, 0.4) is 0 Å². The highest BCUT2D eigenvalue weighted by Gasteiger charge is 2.10. The lowest BCUT2D eigenvalue weighted by Gasteiger charge is -2.05. The van der Waals surface area contributed by atoms with Gasteiger partial charge in [-0.25, -0.2) is 9.97 Å². The van der Waals surface area contributed by atoms with E-state index in [0.717, 1.165) is 0 Å². The minimum atomic E-state index is -0.480. The average Bonchev–Trinajstić information content (AvgIpc) is 1.99. The SMILES string of the molecule is Cc1nc(C(C)C)nc(F)c1Br. The van der Waals surface area contributed by atoms with Gasteiger partial charge < -0.3 is 0 Å². The van der Waals surface area contributed by atoms with Crippen molar-refractivity contribution in [1.29, 1.82) is 0 Å². The van der Waals surface area contributed by atoms with Crippen LogP contribution in [-0.2, 0) is 0 Å². The summed E-state index contributed by atoms with van der Waals surface area (Å²) in [5.41, 5.74) is 0.645. The molecule has 0 aliphatic carbocycles. The molecule has 0 spiro atoms. The summed E-state index contributed by atoms with van der Waals surface area (Å²) in [5, 5.41) is 0. The second-order valence-corrected chi connectivity index (χ2v) is 3.72. The summed E-state index contributed by atoms with van der Waals surface area (Å²) in [6, 6.07) is 0. The maximum atomic E-state index is 13.0. The topological polar surface area (TPSA) is 25.8 Å². The van der Waals surface area contributed by atoms with Crippen molar-refractivity contribution < 1.29 is 4.39 Å². The molecule has 1 heterocycles. The Hall–Kier alpha value is -0.510. The van der Waals surface area contributed by atoms with Crippen LogP contribution in [0.2, 0.25) is 0 Å². The summed E-state index contributed by atoms with van der Waals surface area (Å²) in [6.07, 6.45) is 0. The van der Waals surface area contributed by atoms with Gasteiger partial charge >= 0.3 is 0 Å². The number of aryl methyl sites for hydroxylation is 1. The molecule has 0 atom stereocenters. The van der Waals surface area contributed by atoms with Gasteiger partial charge in [0.15, 0.2) is 0 Å². The molecule has 0 unspecified atom stereocenters. The van der Waals surface area contributed by atoms with Crippen LogP contribution in [0, 0.1) is 12.9 Å². The zero-order valence-corrected chi connectivity index (χ0v) is 8.81. The number of nitrogens with zero attached hydrogens (tertiary/aromatic N) is 2. The molecule has 1 aromatic heterocycles. The van der Waals surface area contributed by atoms with Crippen molar-refractivity contribution in [2.24, 2.45) is 0 Å². The van der Waals surface area contributed by atoms with Gasteiger partial charge in [-0.1, -0.05) is 13.8 Å². The predicted molar refractivity (Wildman–Crippen MR) is 48.5 cm³/mol. The molecule has 0 bridgehead atoms. The van der Waals surface area contributed by atoms with Gasteiger partial charge in [-0.05, 0) is 22.9 Å². The fraction of sp³-hybridized carbons (Fsp3) is 0.500. The molecule has 0 radical (unpaired) electrons. The summed E-state index contributed by atoms with van der Waals surface area (Å²) in [4.78, 5) is 7.84. The smallest absolute Gasteiger partial charge is 0.230 e. The molecular weight excluding hydrogens is 223 g/mol. The normalized spacial score (nSPS) is 10.8. The van der Waals surface area contributed by atoms with Gasteiger partial charge in [0, 0.05) is 5.92 Å². The number of hydrogen-bond acceptors (Lipinski definition) is 2. The van der Waals surface area contributed by atoms with E-state index in [1.807, 2.05) is 13.8 Å². The fourth-order valence-electron chi connectivity index (χ4n) is 0.803. The standard InChI is InChI=1S/C8H10BrFN2/c1-4(2)8-11-5(3)6(9)7(10)12-8/h4H,1-3H3. The highest BCUT2D eigenvalue weighted by atomic mass is 79.9. The molecule has 0 aliphatic heterocycles. The van der Waals surface area contributed by atoms with E-state index in [1.54, 1.807) is 6.92 Å². The fourth-order valence-corrected chi connectivity index (χ4v) is 0.980. The van der Waals surface area contributed by atoms with Crippen molar-refractivity contribution >= 4 is 15.9 Å². The molecule has 0 fully saturated rings. The largest absolute Gasteiger partial charge is 0.237 e. The molecule has 66 valence electrons. The number of halogens is 2. The van der Waals surface area contributed by atoms with Gasteiger partial charge in [-0.3, -0.25) is 0 Å². The zero-order valence-electron chi connectivity index (χ0n) is 7.23. The molecule has 0 aliphatic rings. The van der Waals surface area contributed by atoms with Gasteiger partial charge in [0.1, 0.15) is 5.82 Å². The molecule has 0 aromatic carbocycles. The van der Waals surface area contributed by atoms with Crippen LogP contribution in [0.25, 0.3) is 0 Å². The van der Waals surface area contributed by atoms with Crippen LogP contribution in [0.5, 0.6) is 0 Å². The number of hydrogen-bond donors (Lipinski definition) is 0. The molecule has 12 heavy (non-hydrogen) atoms. The van der Waals surface area contributed by atoms with Crippen molar-refractivity contribution in [2.45, 2.75) is 26.7 Å². The first-order valence-electron chi connectivity index (χ1n) is 3.72. The van der Waals surface area contributed by atoms with Gasteiger partial charge in [0.2, 0.25) is 5.95 Å². The lowest BCUT2D eigenvalue weighted by molar-refractivity contribution is 0.552. The molecule has 0 amide bonds. The Bertz CT molecular complexity index is 276. The minimum Gasteiger partial charge on any atom is -0.237 e. The van der Waals surface area contributed by atoms with Crippen LogP contribution in [0.4, 0.5) is 4.39 Å². The highest BCUT2D eigenvalue weighted by Crippen LogP contribution is 2.19. The second kappa shape index (κ2) is 3.47. The maximum Gasteiger partial charge on any atom is 0.230 e. The van der Waals surface area contributed by atoms with E-state index in [2.05, 4.69) is 25.9 Å². The van der Waals surface area contributed by atoms with Crippen LogP contribution < -0.4 is 0 Å². The Labute approximate surface area is 79.4 Å². The summed E-state index contributed by atoms with van der Waals surface area (Å²) >= 11 is 3.06. The Morgan fingerprint density at radius 2 is 1.92 bits per heavy atom. The van der Waals surface area contributed by atoms with Gasteiger partial charge in [0.25, 0.3) is 0 Å². The first kappa shape index (κ1) is 9.58. The van der Waals surface area contributed by atoms with Crippen LogP contribution >= 0.6 is 15.9 Å². The van der Waals surface area contributed by atoms with Crippen molar-refractivity contribution in [3.63, 3.8) is 0 Å². The lowest BCUT2D eigenvalue weighted by atomic mass is 10.2. The summed E-state index contributed by atoms with van der Waals surface area (Å²) in [5.74, 6) is 0.228. The van der Waals surface area contributed by atoms with E-state index in [0.29, 0.717) is 16.0 Å². The van der Waals surface area contributed by atoms with E-state index >= 15 is 0 Å². The molecule has 4 heteroatoms. The second-order valence-electron chi connectivity index (χ2n) is 2.93. The van der Waals surface area contributed by atoms with Gasteiger partial charge in [-0.2, -0.15) is 4.39 Å². The highest BCUT2D eigenvalue weighted by molar-refractivity contribution is 9.10. The third-order valence-electron chi connectivity index (χ3n) is 1.51. The summed E-state index contributed by atoms with van der Waals surface area (Å²) in [7, 11) is 0. The zero-order chi connectivity index (χ0) is 9.30. The summed E-state index contributed by atoms with van der Waals surface area (Å²) < 4.78 is 13.4. The van der Waals surface area contributed by atoms with E-state index < -0.39 is 5.95 Å². The van der Waals surface area contributed by atoms with Gasteiger partial charge in [0.05, 0.1) is 10.2 Å². The molecule has 0 saturated carbocycles. The Morgan fingerprint density at radius 1 is 1.33 bits per heavy atom. The van der Waals surface area contributed by atoms with E-state index in [-0.39, 0.29) is 5.92 Å². The predicted octanol–water partition coefficient (Wildman–Crippen LogP) is 2.81. The third kappa shape index (κ3) is 1.80. The third-order valence-corrected chi connectivity index (χ3v) is 2.41. The van der Waals surface area contributed by atoms with Crippen molar-refractivity contribution in [1.82, 2.24) is 9.97 Å². The average molecular weight is 233 g/mol. The molecular formula is C8H10BrFN2. The van der Waals surface area contributed by atoms with Crippen molar-refractivity contribution in [2.75, 3.05) is 0 Å². The van der Waals surface area contributed by atoms with Crippen LogP contribution in [0.1, 0.15) is 31.3 Å². The molecule has 0 saturated heterocycles. The monoisotopic (exact) mass is 232 g/mol. The van der Waals surface area contributed by atoms with Crippen molar-refractivity contribution in [3.8, 4) is 0 Å². The van der Waals surface area contributed by atoms with Crippen LogP contribution in [0.15, 0.2) is 4.47 Å². The first-order chi connectivity index (χ1) is 5.52. The van der Waals surface area contributed by atoms with E-state index in [4.69, 9.17) is 0 Å². The van der Waals surface area contributed by atoms with E-state index in [1.165, 1.54) is 0 Å². The van der Waals surface area contributed by atoms with Crippen molar-refractivity contribution in [3.05, 3.63) is 21.9 Å².